The second-order valence-electron chi connectivity index (χ2n) is 9.46. The van der Waals surface area contributed by atoms with Gasteiger partial charge in [0.05, 0.1) is 0 Å². The highest BCUT2D eigenvalue weighted by Crippen LogP contribution is 2.19. The quantitative estimate of drug-likeness (QED) is 0.143. The third kappa shape index (κ3) is 24.0. The van der Waals surface area contributed by atoms with E-state index in [1.165, 1.54) is 141 Å². The summed E-state index contributed by atoms with van der Waals surface area (Å²) in [5, 5.41) is 0. The maximum Gasteiger partial charge on any atom is -0.0443 e. The Balaban J connectivity index is 3.10. The van der Waals surface area contributed by atoms with Gasteiger partial charge >= 0.3 is 0 Å². The topological polar surface area (TPSA) is 0 Å². The van der Waals surface area contributed by atoms with Crippen molar-refractivity contribution >= 4 is 0 Å². The molecule has 0 nitrogen and oxygen atoms in total. The van der Waals surface area contributed by atoms with Gasteiger partial charge in [0.25, 0.3) is 0 Å². The van der Waals surface area contributed by atoms with Gasteiger partial charge in [0.1, 0.15) is 0 Å². The Morgan fingerprint density at radius 1 is 0.357 bits per heavy atom. The molecule has 0 amide bonds. The van der Waals surface area contributed by atoms with Crippen LogP contribution >= 0.6 is 0 Å². The summed E-state index contributed by atoms with van der Waals surface area (Å²) in [5.74, 6) is 0.957. The molecule has 0 rings (SSSR count). The fourth-order valence-electron chi connectivity index (χ4n) is 4.31. The molecule has 0 aromatic heterocycles. The molecule has 0 heterocycles. The molecular formula is C28H56. The van der Waals surface area contributed by atoms with E-state index in [-0.39, 0.29) is 0 Å². The van der Waals surface area contributed by atoms with Gasteiger partial charge in [-0.05, 0) is 5.92 Å². The van der Waals surface area contributed by atoms with Crippen LogP contribution in [0.3, 0.4) is 0 Å². The van der Waals surface area contributed by atoms with Crippen molar-refractivity contribution in [1.82, 2.24) is 0 Å². The van der Waals surface area contributed by atoms with Crippen molar-refractivity contribution in [2.24, 2.45) is 5.92 Å². The highest BCUT2D eigenvalue weighted by atomic mass is 14.1. The standard InChI is InChI=1S/C28H56/c1-4-6-8-10-12-13-14-15-16-17-18-19-21-23-25-27-28(3)26-24-22-20-11-9-7-5-2/h28H,1-2,4-27H2,3H3. The van der Waals surface area contributed by atoms with Crippen molar-refractivity contribution in [2.45, 2.75) is 161 Å². The van der Waals surface area contributed by atoms with Gasteiger partial charge in [-0.3, -0.25) is 0 Å². The minimum absolute atomic E-state index is 0.957. The zero-order valence-electron chi connectivity index (χ0n) is 20.0. The maximum atomic E-state index is 3.92. The van der Waals surface area contributed by atoms with E-state index in [0.29, 0.717) is 0 Å². The van der Waals surface area contributed by atoms with Crippen molar-refractivity contribution in [3.05, 3.63) is 13.8 Å². The molecule has 2 radical (unpaired) electrons. The third-order valence-corrected chi connectivity index (χ3v) is 6.39. The lowest BCUT2D eigenvalue weighted by atomic mass is 9.95. The SMILES string of the molecule is [CH2]CCCCCCCCCCCCCCCCC(C)CCCCCCCC[CH2]. The van der Waals surface area contributed by atoms with Crippen LogP contribution in [0, 0.1) is 19.8 Å². The predicted molar refractivity (Wildman–Crippen MR) is 131 cm³/mol. The van der Waals surface area contributed by atoms with Gasteiger partial charge in [0.2, 0.25) is 0 Å². The first-order valence-electron chi connectivity index (χ1n) is 13.4. The van der Waals surface area contributed by atoms with Gasteiger partial charge in [0, 0.05) is 0 Å². The molecule has 0 bridgehead atoms. The second-order valence-corrected chi connectivity index (χ2v) is 9.46. The first-order chi connectivity index (χ1) is 13.8. The summed E-state index contributed by atoms with van der Waals surface area (Å²) in [6, 6.07) is 0. The number of hydrogen-bond donors (Lipinski definition) is 0. The van der Waals surface area contributed by atoms with Crippen molar-refractivity contribution in [1.29, 1.82) is 0 Å². The van der Waals surface area contributed by atoms with E-state index in [1.54, 1.807) is 0 Å². The molecule has 28 heavy (non-hydrogen) atoms. The summed E-state index contributed by atoms with van der Waals surface area (Å²) >= 11 is 0. The average molecular weight is 393 g/mol. The molecule has 168 valence electrons. The van der Waals surface area contributed by atoms with Crippen LogP contribution in [0.4, 0.5) is 0 Å². The maximum absolute atomic E-state index is 3.92. The Bertz CT molecular complexity index is 257. The Morgan fingerprint density at radius 2 is 0.571 bits per heavy atom. The second kappa shape index (κ2) is 25.0. The summed E-state index contributed by atoms with van der Waals surface area (Å²) in [7, 11) is 0. The summed E-state index contributed by atoms with van der Waals surface area (Å²) in [6.45, 7) is 10.3. The molecule has 0 aliphatic heterocycles. The average Bonchev–Trinajstić information content (AvgIpc) is 2.70. The Morgan fingerprint density at radius 3 is 0.821 bits per heavy atom. The van der Waals surface area contributed by atoms with Crippen LogP contribution in [0.15, 0.2) is 0 Å². The minimum atomic E-state index is 0.957. The van der Waals surface area contributed by atoms with Crippen molar-refractivity contribution in [2.75, 3.05) is 0 Å². The molecule has 0 saturated carbocycles. The van der Waals surface area contributed by atoms with Crippen molar-refractivity contribution < 1.29 is 0 Å². The zero-order chi connectivity index (χ0) is 20.5. The van der Waals surface area contributed by atoms with Gasteiger partial charge < -0.3 is 0 Å². The van der Waals surface area contributed by atoms with Crippen LogP contribution in [0.2, 0.25) is 0 Å². The molecule has 1 atom stereocenters. The molecule has 0 N–H and O–H groups in total. The fourth-order valence-corrected chi connectivity index (χ4v) is 4.31. The van der Waals surface area contributed by atoms with E-state index in [2.05, 4.69) is 20.8 Å². The lowest BCUT2D eigenvalue weighted by molar-refractivity contribution is 0.430. The smallest absolute Gasteiger partial charge is 0.0443 e. The lowest BCUT2D eigenvalue weighted by Crippen LogP contribution is -1.95. The minimum Gasteiger partial charge on any atom is -0.0625 e. The number of rotatable bonds is 24. The largest absolute Gasteiger partial charge is 0.0625 e. The molecule has 0 heteroatoms. The van der Waals surface area contributed by atoms with E-state index < -0.39 is 0 Å². The number of hydrogen-bond acceptors (Lipinski definition) is 0. The van der Waals surface area contributed by atoms with E-state index in [1.807, 2.05) is 0 Å². The summed E-state index contributed by atoms with van der Waals surface area (Å²) < 4.78 is 0. The van der Waals surface area contributed by atoms with Gasteiger partial charge in [-0.25, -0.2) is 0 Å². The van der Waals surface area contributed by atoms with Crippen LogP contribution in [0.25, 0.3) is 0 Å². The molecule has 0 aliphatic carbocycles. The predicted octanol–water partition coefficient (Wildman–Crippen LogP) is 10.7. The Labute approximate surface area is 181 Å². The van der Waals surface area contributed by atoms with Gasteiger partial charge in [-0.2, -0.15) is 0 Å². The lowest BCUT2D eigenvalue weighted by Gasteiger charge is -2.11. The molecule has 0 aromatic rings. The molecule has 0 aromatic carbocycles. The Hall–Kier alpha value is 0. The first-order valence-corrected chi connectivity index (χ1v) is 13.4. The molecule has 0 fully saturated rings. The van der Waals surface area contributed by atoms with Gasteiger partial charge in [0.15, 0.2) is 0 Å². The molecular weight excluding hydrogens is 336 g/mol. The monoisotopic (exact) mass is 392 g/mol. The molecule has 0 aliphatic rings. The van der Waals surface area contributed by atoms with E-state index >= 15 is 0 Å². The van der Waals surface area contributed by atoms with Crippen LogP contribution in [0.5, 0.6) is 0 Å². The van der Waals surface area contributed by atoms with Crippen molar-refractivity contribution in [3.63, 3.8) is 0 Å². The van der Waals surface area contributed by atoms with Crippen LogP contribution in [-0.4, -0.2) is 0 Å². The van der Waals surface area contributed by atoms with E-state index in [9.17, 15) is 0 Å². The van der Waals surface area contributed by atoms with Crippen molar-refractivity contribution in [3.8, 4) is 0 Å². The highest BCUT2D eigenvalue weighted by molar-refractivity contribution is 4.56. The van der Waals surface area contributed by atoms with E-state index in [0.717, 1.165) is 18.8 Å². The molecule has 0 spiro atoms. The molecule has 1 unspecified atom stereocenters. The third-order valence-electron chi connectivity index (χ3n) is 6.39. The summed E-state index contributed by atoms with van der Waals surface area (Å²) in [4.78, 5) is 0. The van der Waals surface area contributed by atoms with Gasteiger partial charge in [-0.15, -0.1) is 0 Å². The zero-order valence-corrected chi connectivity index (χ0v) is 20.0. The summed E-state index contributed by atoms with van der Waals surface area (Å²) in [5.41, 5.74) is 0. The van der Waals surface area contributed by atoms with Crippen LogP contribution in [-0.2, 0) is 0 Å². The normalized spacial score (nSPS) is 12.5. The van der Waals surface area contributed by atoms with E-state index in [4.69, 9.17) is 0 Å². The fraction of sp³-hybridized carbons (Fsp3) is 0.929. The van der Waals surface area contributed by atoms with Crippen LogP contribution < -0.4 is 0 Å². The highest BCUT2D eigenvalue weighted by Gasteiger charge is 2.02. The Kier molecular flexibility index (Phi) is 25.0. The molecule has 0 saturated heterocycles. The first kappa shape index (κ1) is 28.0. The van der Waals surface area contributed by atoms with Gasteiger partial charge in [-0.1, -0.05) is 175 Å². The number of unbranched alkanes of at least 4 members (excludes halogenated alkanes) is 20. The van der Waals surface area contributed by atoms with Crippen LogP contribution in [0.1, 0.15) is 161 Å². The summed E-state index contributed by atoms with van der Waals surface area (Å²) in [6.07, 6.45) is 34.1.